The normalized spacial score (nSPS) is 13.1. The molecular weight excluding hydrogens is 775 g/mol. The Balaban J connectivity index is 1.50. The molecule has 0 saturated heterocycles. The predicted molar refractivity (Wildman–Crippen MR) is 228 cm³/mol. The summed E-state index contributed by atoms with van der Waals surface area (Å²) in [5.74, 6) is -2.19. The molecule has 2 atom stereocenters. The van der Waals surface area contributed by atoms with Crippen LogP contribution >= 0.6 is 0 Å². The second-order valence-electron chi connectivity index (χ2n) is 15.9. The van der Waals surface area contributed by atoms with Crippen LogP contribution in [0.5, 0.6) is 0 Å². The Morgan fingerprint density at radius 3 is 1.98 bits per heavy atom. The Kier molecular flexibility index (Phi) is 17.4. The highest BCUT2D eigenvalue weighted by Crippen LogP contribution is 2.28. The molecule has 0 aliphatic carbocycles. The third-order valence-corrected chi connectivity index (χ3v) is 10.8. The van der Waals surface area contributed by atoms with E-state index >= 15 is 0 Å². The van der Waals surface area contributed by atoms with Crippen molar-refractivity contribution in [2.75, 3.05) is 39.5 Å². The molecule has 0 heterocycles. The highest BCUT2D eigenvalue weighted by molar-refractivity contribution is 7.89. The summed E-state index contributed by atoms with van der Waals surface area (Å²) in [6.07, 6.45) is 0.808. The van der Waals surface area contributed by atoms with Gasteiger partial charge in [-0.25, -0.2) is 17.9 Å². The van der Waals surface area contributed by atoms with E-state index in [4.69, 9.17) is 4.74 Å². The van der Waals surface area contributed by atoms with E-state index in [-0.39, 0.29) is 49.5 Å². The number of sulfonamides is 1. The number of carbonyl (C=O) groups excluding carboxylic acids is 5. The number of rotatable bonds is 19. The Hall–Kier alpha value is -5.58. The van der Waals surface area contributed by atoms with E-state index in [0.717, 1.165) is 11.1 Å². The number of hydrogen-bond acceptors (Lipinski definition) is 10. The zero-order valence-corrected chi connectivity index (χ0v) is 36.2. The molecule has 0 radical (unpaired) electrons. The maximum absolute atomic E-state index is 13.7. The van der Waals surface area contributed by atoms with E-state index in [9.17, 15) is 32.4 Å². The Morgan fingerprint density at radius 2 is 1.41 bits per heavy atom. The van der Waals surface area contributed by atoms with Crippen molar-refractivity contribution in [2.24, 2.45) is 5.41 Å². The maximum Gasteiger partial charge on any atom is 0.407 e. The van der Waals surface area contributed by atoms with Crippen molar-refractivity contribution in [1.82, 2.24) is 30.9 Å². The summed E-state index contributed by atoms with van der Waals surface area (Å²) in [5, 5.41) is 14.2. The lowest BCUT2D eigenvalue weighted by molar-refractivity contribution is -0.139. The molecule has 0 saturated carbocycles. The van der Waals surface area contributed by atoms with Gasteiger partial charge in [0.15, 0.2) is 0 Å². The molecule has 320 valence electrons. The van der Waals surface area contributed by atoms with Crippen LogP contribution in [0.4, 0.5) is 10.5 Å². The minimum atomic E-state index is -4.09. The van der Waals surface area contributed by atoms with E-state index in [1.807, 2.05) is 65.0 Å². The Morgan fingerprint density at radius 1 is 0.814 bits per heavy atom. The summed E-state index contributed by atoms with van der Waals surface area (Å²) in [6.45, 7) is 11.2. The van der Waals surface area contributed by atoms with Gasteiger partial charge in [-0.3, -0.25) is 19.2 Å². The second kappa shape index (κ2) is 21.4. The topological polar surface area (TPSA) is 204 Å². The molecule has 0 aliphatic heterocycles. The van der Waals surface area contributed by atoms with Crippen molar-refractivity contribution in [3.05, 3.63) is 113 Å². The van der Waals surface area contributed by atoms with E-state index in [1.165, 1.54) is 17.9 Å². The van der Waals surface area contributed by atoms with Crippen LogP contribution in [0.3, 0.4) is 0 Å². The van der Waals surface area contributed by atoms with Crippen LogP contribution < -0.4 is 31.3 Å². The molecule has 6 N–H and O–H groups in total. The zero-order valence-electron chi connectivity index (χ0n) is 35.4. The SMILES string of the molecule is CNCC(=O)Nc1ccc(COC(=O)NCc2ccc(CS(=O)(=O)NC(=O)/C(C)=C/CN(C)C(=O)C(NC(=O)[C@@H](NC)C(C)(C)c3ccccc3)C(C)(C)C)cc2)cc1. The molecule has 0 aliphatic rings. The number of carbonyl (C=O) groups is 5. The van der Waals surface area contributed by atoms with Crippen molar-refractivity contribution in [2.45, 2.75) is 77.9 Å². The van der Waals surface area contributed by atoms with Crippen LogP contribution in [0.25, 0.3) is 0 Å². The Labute approximate surface area is 348 Å². The van der Waals surface area contributed by atoms with Crippen molar-refractivity contribution in [1.29, 1.82) is 0 Å². The zero-order chi connectivity index (χ0) is 44.0. The second-order valence-corrected chi connectivity index (χ2v) is 17.7. The molecule has 59 heavy (non-hydrogen) atoms. The molecule has 0 bridgehead atoms. The quantitative estimate of drug-likeness (QED) is 0.0967. The first-order valence-electron chi connectivity index (χ1n) is 19.2. The van der Waals surface area contributed by atoms with Crippen LogP contribution in [-0.2, 0) is 58.3 Å². The van der Waals surface area contributed by atoms with Crippen LogP contribution in [0.15, 0.2) is 90.5 Å². The number of likely N-dealkylation sites (N-methyl/N-ethyl adjacent to an activating group) is 3. The fourth-order valence-corrected chi connectivity index (χ4v) is 7.21. The van der Waals surface area contributed by atoms with E-state index in [2.05, 4.69) is 31.3 Å². The largest absolute Gasteiger partial charge is 0.445 e. The molecule has 0 fully saturated rings. The monoisotopic (exact) mass is 833 g/mol. The highest BCUT2D eigenvalue weighted by Gasteiger charge is 2.40. The number of alkyl carbamates (subject to hydrolysis) is 1. The van der Waals surface area contributed by atoms with Gasteiger partial charge in [0.05, 0.1) is 18.3 Å². The van der Waals surface area contributed by atoms with E-state index in [1.54, 1.807) is 69.7 Å². The maximum atomic E-state index is 13.7. The number of ether oxygens (including phenoxy) is 1. The first kappa shape index (κ1) is 47.8. The molecule has 15 nitrogen and oxygen atoms in total. The lowest BCUT2D eigenvalue weighted by Crippen LogP contribution is -2.60. The van der Waals surface area contributed by atoms with Gasteiger partial charge in [-0.15, -0.1) is 0 Å². The molecule has 5 amide bonds. The van der Waals surface area contributed by atoms with Crippen LogP contribution in [-0.4, -0.2) is 89.4 Å². The van der Waals surface area contributed by atoms with Gasteiger partial charge in [-0.1, -0.05) is 107 Å². The molecule has 0 spiro atoms. The number of nitrogens with one attached hydrogen (secondary N) is 6. The lowest BCUT2D eigenvalue weighted by Gasteiger charge is -2.38. The van der Waals surface area contributed by atoms with Gasteiger partial charge in [0.1, 0.15) is 12.6 Å². The number of benzene rings is 3. The van der Waals surface area contributed by atoms with Gasteiger partial charge in [0.25, 0.3) is 5.91 Å². The first-order valence-corrected chi connectivity index (χ1v) is 20.8. The van der Waals surface area contributed by atoms with Crippen molar-refractivity contribution in [3.8, 4) is 0 Å². The average Bonchev–Trinajstić information content (AvgIpc) is 3.17. The van der Waals surface area contributed by atoms with Crippen LogP contribution in [0.1, 0.15) is 63.8 Å². The lowest BCUT2D eigenvalue weighted by atomic mass is 9.76. The molecule has 3 aromatic rings. The number of anilines is 1. The molecular formula is C43H59N7O8S. The third kappa shape index (κ3) is 14.9. The third-order valence-electron chi connectivity index (χ3n) is 9.61. The molecule has 3 rings (SSSR count). The minimum absolute atomic E-state index is 0.0139. The fraction of sp³-hybridized carbons (Fsp3) is 0.419. The summed E-state index contributed by atoms with van der Waals surface area (Å²) in [7, 11) is 0.834. The number of hydrogen-bond donors (Lipinski definition) is 6. The van der Waals surface area contributed by atoms with Crippen LogP contribution in [0, 0.1) is 5.41 Å². The first-order chi connectivity index (χ1) is 27.7. The summed E-state index contributed by atoms with van der Waals surface area (Å²) < 4.78 is 33.2. The van der Waals surface area contributed by atoms with Crippen LogP contribution in [0.2, 0.25) is 0 Å². The van der Waals surface area contributed by atoms with Gasteiger partial charge < -0.3 is 36.2 Å². The van der Waals surface area contributed by atoms with Gasteiger partial charge in [-0.2, -0.15) is 0 Å². The van der Waals surface area contributed by atoms with E-state index < -0.39 is 50.7 Å². The summed E-state index contributed by atoms with van der Waals surface area (Å²) in [4.78, 5) is 65.6. The number of nitrogens with zero attached hydrogens (tertiary/aromatic N) is 1. The standard InChI is InChI=1S/C43H59N7O8S/c1-29(23-24-50(9)40(54)37(42(2,3)4)48-39(53)36(45-8)43(5,6)33-13-11-10-12-14-33)38(52)49-59(56,57)28-32-17-15-30(16-18-32)25-46-41(55)58-27-31-19-21-34(22-20-31)47-35(51)26-44-7/h10-23,36-37,44-45H,24-28H2,1-9H3,(H,46,55)(H,47,51)(H,48,53)(H,49,52)/b29-23+/t36-,37?/m1/s1. The van der Waals surface area contributed by atoms with Gasteiger partial charge >= 0.3 is 6.09 Å². The highest BCUT2D eigenvalue weighted by atomic mass is 32.2. The average molecular weight is 834 g/mol. The van der Waals surface area contributed by atoms with Gasteiger partial charge in [-0.05, 0) is 60.8 Å². The van der Waals surface area contributed by atoms with Gasteiger partial charge in [0.2, 0.25) is 27.7 Å². The van der Waals surface area contributed by atoms with Gasteiger partial charge in [0, 0.05) is 36.8 Å². The summed E-state index contributed by atoms with van der Waals surface area (Å²) >= 11 is 0. The smallest absolute Gasteiger partial charge is 0.407 e. The Bertz CT molecular complexity index is 2050. The molecule has 3 aromatic carbocycles. The molecule has 0 aromatic heterocycles. The van der Waals surface area contributed by atoms with E-state index in [0.29, 0.717) is 16.8 Å². The van der Waals surface area contributed by atoms with Crippen molar-refractivity contribution < 1.29 is 37.1 Å². The molecule has 16 heteroatoms. The molecule has 1 unspecified atom stereocenters. The number of amides is 5. The fourth-order valence-electron chi connectivity index (χ4n) is 6.06. The summed E-state index contributed by atoms with van der Waals surface area (Å²) in [6, 6.07) is 21.4. The van der Waals surface area contributed by atoms with Crippen molar-refractivity contribution in [3.63, 3.8) is 0 Å². The predicted octanol–water partition coefficient (Wildman–Crippen LogP) is 3.72. The summed E-state index contributed by atoms with van der Waals surface area (Å²) in [5.41, 5.74) is 2.24. The minimum Gasteiger partial charge on any atom is -0.445 e. The van der Waals surface area contributed by atoms with Crippen molar-refractivity contribution >= 4 is 45.4 Å².